The van der Waals surface area contributed by atoms with Crippen molar-refractivity contribution >= 4 is 17.4 Å². The summed E-state index contributed by atoms with van der Waals surface area (Å²) >= 11 is 0. The van der Waals surface area contributed by atoms with Crippen LogP contribution in [-0.4, -0.2) is 28.4 Å². The van der Waals surface area contributed by atoms with Gasteiger partial charge in [-0.05, 0) is 25.3 Å². The number of nitrogens with one attached hydrogen (secondary N) is 2. The molecule has 1 aromatic heterocycles. The van der Waals surface area contributed by atoms with Crippen LogP contribution in [0.3, 0.4) is 0 Å². The summed E-state index contributed by atoms with van der Waals surface area (Å²) in [7, 11) is 0. The third-order valence-corrected chi connectivity index (χ3v) is 2.56. The van der Waals surface area contributed by atoms with Gasteiger partial charge in [-0.2, -0.15) is 0 Å². The Bertz CT molecular complexity index is 485. The van der Waals surface area contributed by atoms with E-state index in [9.17, 15) is 14.9 Å². The van der Waals surface area contributed by atoms with Gasteiger partial charge in [-0.25, -0.2) is 4.98 Å². The van der Waals surface area contributed by atoms with Crippen molar-refractivity contribution in [2.24, 2.45) is 0 Å². The van der Waals surface area contributed by atoms with E-state index < -0.39 is 4.92 Å². The Labute approximate surface area is 104 Å². The van der Waals surface area contributed by atoms with Crippen LogP contribution in [0.15, 0.2) is 12.3 Å². The van der Waals surface area contributed by atoms with E-state index in [1.54, 1.807) is 6.92 Å². The lowest BCUT2D eigenvalue weighted by atomic mass is 10.3. The molecule has 1 amide bonds. The number of hydrogen-bond acceptors (Lipinski definition) is 5. The number of aryl methyl sites for hydroxylation is 1. The van der Waals surface area contributed by atoms with Crippen molar-refractivity contribution < 1.29 is 9.72 Å². The molecule has 1 aromatic rings. The lowest BCUT2D eigenvalue weighted by Gasteiger charge is -2.07. The van der Waals surface area contributed by atoms with Gasteiger partial charge in [0.05, 0.1) is 11.5 Å². The molecule has 7 nitrogen and oxygen atoms in total. The average Bonchev–Trinajstić information content (AvgIpc) is 3.11. The number of carbonyl (C=O) groups excluding carboxylic acids is 1. The maximum absolute atomic E-state index is 11.4. The fourth-order valence-corrected chi connectivity index (χ4v) is 1.50. The van der Waals surface area contributed by atoms with Crippen LogP contribution in [0.2, 0.25) is 0 Å². The number of amides is 1. The maximum Gasteiger partial charge on any atom is 0.311 e. The Hall–Kier alpha value is -2.18. The first-order valence-electron chi connectivity index (χ1n) is 5.70. The minimum absolute atomic E-state index is 0.00655. The first-order chi connectivity index (χ1) is 8.56. The Morgan fingerprint density at radius 3 is 2.94 bits per heavy atom. The Morgan fingerprint density at radius 2 is 2.33 bits per heavy atom. The first kappa shape index (κ1) is 12.3. The van der Waals surface area contributed by atoms with Crippen molar-refractivity contribution in [2.45, 2.75) is 25.8 Å². The molecule has 0 bridgehead atoms. The predicted octanol–water partition coefficient (Wildman–Crippen LogP) is 0.989. The van der Waals surface area contributed by atoms with Gasteiger partial charge in [0.15, 0.2) is 0 Å². The molecule has 1 fully saturated rings. The molecule has 0 radical (unpaired) electrons. The van der Waals surface area contributed by atoms with Crippen LogP contribution in [0.25, 0.3) is 0 Å². The van der Waals surface area contributed by atoms with Crippen LogP contribution in [0.1, 0.15) is 18.4 Å². The molecule has 2 N–H and O–H groups in total. The summed E-state index contributed by atoms with van der Waals surface area (Å²) < 4.78 is 0. The van der Waals surface area contributed by atoms with Crippen LogP contribution >= 0.6 is 0 Å². The molecule has 0 aliphatic heterocycles. The molecule has 0 aromatic carbocycles. The molecule has 1 heterocycles. The monoisotopic (exact) mass is 250 g/mol. The number of carbonyl (C=O) groups is 1. The predicted molar refractivity (Wildman–Crippen MR) is 65.3 cm³/mol. The highest BCUT2D eigenvalue weighted by molar-refractivity contribution is 5.81. The van der Waals surface area contributed by atoms with Gasteiger partial charge in [-0.15, -0.1) is 0 Å². The van der Waals surface area contributed by atoms with E-state index in [1.807, 2.05) is 0 Å². The van der Waals surface area contributed by atoms with Crippen LogP contribution in [-0.2, 0) is 4.79 Å². The second-order valence-corrected chi connectivity index (χ2v) is 4.33. The SMILES string of the molecule is Cc1cnc(NCC(=O)NC2CC2)c([N+](=O)[O-])c1. The van der Waals surface area contributed by atoms with E-state index in [4.69, 9.17) is 0 Å². The van der Waals surface area contributed by atoms with Gasteiger partial charge in [-0.1, -0.05) is 0 Å². The van der Waals surface area contributed by atoms with E-state index in [1.165, 1.54) is 12.3 Å². The quantitative estimate of drug-likeness (QED) is 0.600. The summed E-state index contributed by atoms with van der Waals surface area (Å²) in [6.07, 6.45) is 3.54. The smallest absolute Gasteiger partial charge is 0.311 e. The van der Waals surface area contributed by atoms with E-state index in [0.717, 1.165) is 12.8 Å². The highest BCUT2D eigenvalue weighted by Gasteiger charge is 2.23. The van der Waals surface area contributed by atoms with Gasteiger partial charge in [0.1, 0.15) is 0 Å². The van der Waals surface area contributed by atoms with Crippen LogP contribution in [0, 0.1) is 17.0 Å². The van der Waals surface area contributed by atoms with E-state index in [0.29, 0.717) is 5.56 Å². The highest BCUT2D eigenvalue weighted by atomic mass is 16.6. The molecule has 96 valence electrons. The molecule has 1 aliphatic rings. The summed E-state index contributed by atoms with van der Waals surface area (Å²) in [6.45, 7) is 1.72. The van der Waals surface area contributed by atoms with Crippen molar-refractivity contribution in [3.05, 3.63) is 27.9 Å². The molecule has 0 unspecified atom stereocenters. The lowest BCUT2D eigenvalue weighted by Crippen LogP contribution is -2.31. The van der Waals surface area contributed by atoms with Gasteiger partial charge in [0, 0.05) is 18.3 Å². The van der Waals surface area contributed by atoms with E-state index in [2.05, 4.69) is 15.6 Å². The zero-order valence-electron chi connectivity index (χ0n) is 9.97. The molecule has 0 saturated heterocycles. The Balaban J connectivity index is 1.99. The van der Waals surface area contributed by atoms with Crippen molar-refractivity contribution in [1.29, 1.82) is 0 Å². The van der Waals surface area contributed by atoms with Gasteiger partial charge >= 0.3 is 5.69 Å². The summed E-state index contributed by atoms with van der Waals surface area (Å²) in [5.41, 5.74) is 0.587. The topological polar surface area (TPSA) is 97.2 Å². The summed E-state index contributed by atoms with van der Waals surface area (Å²) in [5.74, 6) is -0.0503. The van der Waals surface area contributed by atoms with Gasteiger partial charge in [0.2, 0.25) is 11.7 Å². The van der Waals surface area contributed by atoms with Crippen LogP contribution in [0.5, 0.6) is 0 Å². The molecule has 1 aliphatic carbocycles. The third kappa shape index (κ3) is 3.16. The number of rotatable bonds is 5. The minimum Gasteiger partial charge on any atom is -0.355 e. The second kappa shape index (κ2) is 4.99. The summed E-state index contributed by atoms with van der Waals surface area (Å²) in [6, 6.07) is 1.70. The molecule has 1 saturated carbocycles. The molecule has 18 heavy (non-hydrogen) atoms. The molecule has 7 heteroatoms. The number of nitro groups is 1. The molecular weight excluding hydrogens is 236 g/mol. The number of nitrogens with zero attached hydrogens (tertiary/aromatic N) is 2. The first-order valence-corrected chi connectivity index (χ1v) is 5.70. The molecule has 2 rings (SSSR count). The molecule has 0 atom stereocenters. The summed E-state index contributed by atoms with van der Waals surface area (Å²) in [5, 5.41) is 16.3. The van der Waals surface area contributed by atoms with Crippen molar-refractivity contribution in [3.8, 4) is 0 Å². The number of aromatic nitrogens is 1. The fourth-order valence-electron chi connectivity index (χ4n) is 1.50. The number of pyridine rings is 1. The van der Waals surface area contributed by atoms with Gasteiger partial charge < -0.3 is 10.6 Å². The standard InChI is InChI=1S/C11H14N4O3/c1-7-4-9(15(17)18)11(12-5-7)13-6-10(16)14-8-2-3-8/h4-5,8H,2-3,6H2,1H3,(H,12,13)(H,14,16). The van der Waals surface area contributed by atoms with Gasteiger partial charge in [-0.3, -0.25) is 14.9 Å². The van der Waals surface area contributed by atoms with Crippen molar-refractivity contribution in [1.82, 2.24) is 10.3 Å². The summed E-state index contributed by atoms with van der Waals surface area (Å²) in [4.78, 5) is 25.7. The Morgan fingerprint density at radius 1 is 1.61 bits per heavy atom. The third-order valence-electron chi connectivity index (χ3n) is 2.56. The van der Waals surface area contributed by atoms with E-state index >= 15 is 0 Å². The van der Waals surface area contributed by atoms with Crippen molar-refractivity contribution in [2.75, 3.05) is 11.9 Å². The van der Waals surface area contributed by atoms with Crippen LogP contribution in [0.4, 0.5) is 11.5 Å². The van der Waals surface area contributed by atoms with E-state index in [-0.39, 0.29) is 30.0 Å². The van der Waals surface area contributed by atoms with Crippen molar-refractivity contribution in [3.63, 3.8) is 0 Å². The average molecular weight is 250 g/mol. The minimum atomic E-state index is -0.513. The second-order valence-electron chi connectivity index (χ2n) is 4.33. The number of anilines is 1. The largest absolute Gasteiger partial charge is 0.355 e. The molecular formula is C11H14N4O3. The fraction of sp³-hybridized carbons (Fsp3) is 0.455. The zero-order chi connectivity index (χ0) is 13.1. The van der Waals surface area contributed by atoms with Gasteiger partial charge in [0.25, 0.3) is 0 Å². The normalized spacial score (nSPS) is 14.1. The van der Waals surface area contributed by atoms with Crippen LogP contribution < -0.4 is 10.6 Å². The lowest BCUT2D eigenvalue weighted by molar-refractivity contribution is -0.384. The number of hydrogen-bond donors (Lipinski definition) is 2. The molecule has 0 spiro atoms. The Kier molecular flexibility index (Phi) is 3.40. The zero-order valence-corrected chi connectivity index (χ0v) is 9.97. The highest BCUT2D eigenvalue weighted by Crippen LogP contribution is 2.22. The maximum atomic E-state index is 11.4.